The van der Waals surface area contributed by atoms with E-state index in [0.717, 1.165) is 36.8 Å². The Kier molecular flexibility index (Phi) is 4.93. The molecule has 20 heavy (non-hydrogen) atoms. The first-order valence-electron chi connectivity index (χ1n) is 7.22. The Balaban J connectivity index is 2.47. The van der Waals surface area contributed by atoms with Crippen molar-refractivity contribution in [2.24, 2.45) is 0 Å². The third-order valence-electron chi connectivity index (χ3n) is 3.26. The highest BCUT2D eigenvalue weighted by Gasteiger charge is 2.15. The first-order chi connectivity index (χ1) is 9.81. The molecule has 0 aliphatic rings. The monoisotopic (exact) mass is 270 g/mol. The van der Waals surface area contributed by atoms with Crippen LogP contribution < -0.4 is 10.2 Å². The second-order valence-electron chi connectivity index (χ2n) is 4.49. The zero-order valence-corrected chi connectivity index (χ0v) is 12.4. The molecule has 0 spiro atoms. The molecule has 1 N–H and O–H groups in total. The molecule has 106 valence electrons. The Bertz CT molecular complexity index is 539. The van der Waals surface area contributed by atoms with Crippen LogP contribution in [-0.2, 0) is 6.42 Å². The number of benzene rings is 1. The lowest BCUT2D eigenvalue weighted by Crippen LogP contribution is -2.20. The average Bonchev–Trinajstić information content (AvgIpc) is 2.50. The van der Waals surface area contributed by atoms with E-state index in [1.807, 2.05) is 6.07 Å². The van der Waals surface area contributed by atoms with Gasteiger partial charge in [0, 0.05) is 24.3 Å². The first kappa shape index (κ1) is 14.3. The molecule has 0 fully saturated rings. The van der Waals surface area contributed by atoms with E-state index in [2.05, 4.69) is 65.2 Å². The Labute approximate surface area is 120 Å². The second kappa shape index (κ2) is 6.89. The van der Waals surface area contributed by atoms with Crippen LogP contribution in [0.1, 0.15) is 26.3 Å². The van der Waals surface area contributed by atoms with Gasteiger partial charge in [0.05, 0.1) is 0 Å². The van der Waals surface area contributed by atoms with Crippen LogP contribution in [0.3, 0.4) is 0 Å². The molecule has 0 atom stereocenters. The number of rotatable bonds is 6. The first-order valence-corrected chi connectivity index (χ1v) is 7.22. The van der Waals surface area contributed by atoms with Crippen LogP contribution >= 0.6 is 0 Å². The van der Waals surface area contributed by atoms with E-state index in [9.17, 15) is 0 Å². The average molecular weight is 270 g/mol. The van der Waals surface area contributed by atoms with Gasteiger partial charge in [-0.25, -0.2) is 9.97 Å². The maximum Gasteiger partial charge on any atom is 0.141 e. The van der Waals surface area contributed by atoms with Crippen molar-refractivity contribution in [3.63, 3.8) is 0 Å². The van der Waals surface area contributed by atoms with Gasteiger partial charge >= 0.3 is 0 Å². The fraction of sp³-hybridized carbons (Fsp3) is 0.375. The minimum Gasteiger partial charge on any atom is -0.370 e. The largest absolute Gasteiger partial charge is 0.370 e. The third kappa shape index (κ3) is 2.90. The predicted molar refractivity (Wildman–Crippen MR) is 84.7 cm³/mol. The summed E-state index contributed by atoms with van der Waals surface area (Å²) in [6.45, 7) is 8.10. The van der Waals surface area contributed by atoms with Crippen LogP contribution in [0.15, 0.2) is 36.7 Å². The number of aromatic nitrogens is 2. The SMILES string of the molecule is CCNc1ncnc(N(CC)c2ccccc2)c1CC. The Morgan fingerprint density at radius 2 is 1.80 bits per heavy atom. The maximum absolute atomic E-state index is 4.51. The molecule has 0 aliphatic carbocycles. The van der Waals surface area contributed by atoms with Crippen molar-refractivity contribution in [2.45, 2.75) is 27.2 Å². The molecule has 1 aromatic carbocycles. The molecular formula is C16H22N4. The highest BCUT2D eigenvalue weighted by Crippen LogP contribution is 2.29. The van der Waals surface area contributed by atoms with Crippen molar-refractivity contribution in [1.29, 1.82) is 0 Å². The summed E-state index contributed by atoms with van der Waals surface area (Å²) < 4.78 is 0. The lowest BCUT2D eigenvalue weighted by molar-refractivity contribution is 0.936. The van der Waals surface area contributed by atoms with Gasteiger partial charge in [0.15, 0.2) is 0 Å². The van der Waals surface area contributed by atoms with Gasteiger partial charge in [-0.15, -0.1) is 0 Å². The van der Waals surface area contributed by atoms with Crippen LogP contribution in [0.25, 0.3) is 0 Å². The van der Waals surface area contributed by atoms with E-state index in [4.69, 9.17) is 0 Å². The van der Waals surface area contributed by atoms with Gasteiger partial charge in [0.25, 0.3) is 0 Å². The van der Waals surface area contributed by atoms with E-state index in [0.29, 0.717) is 0 Å². The van der Waals surface area contributed by atoms with Gasteiger partial charge in [-0.05, 0) is 32.4 Å². The topological polar surface area (TPSA) is 41.1 Å². The van der Waals surface area contributed by atoms with E-state index < -0.39 is 0 Å². The van der Waals surface area contributed by atoms with Crippen molar-refractivity contribution in [1.82, 2.24) is 9.97 Å². The number of nitrogens with zero attached hydrogens (tertiary/aromatic N) is 3. The standard InChI is InChI=1S/C16H22N4/c1-4-14-15(17-5-2)18-12-19-16(14)20(6-3)13-10-8-7-9-11-13/h7-12H,4-6H2,1-3H3,(H,17,18,19). The summed E-state index contributed by atoms with van der Waals surface area (Å²) in [4.78, 5) is 11.1. The lowest BCUT2D eigenvalue weighted by atomic mass is 10.2. The summed E-state index contributed by atoms with van der Waals surface area (Å²) in [7, 11) is 0. The molecular weight excluding hydrogens is 248 g/mol. The van der Waals surface area contributed by atoms with Crippen molar-refractivity contribution in [2.75, 3.05) is 23.3 Å². The molecule has 4 nitrogen and oxygen atoms in total. The van der Waals surface area contributed by atoms with Crippen LogP contribution in [-0.4, -0.2) is 23.1 Å². The summed E-state index contributed by atoms with van der Waals surface area (Å²) in [5.41, 5.74) is 2.32. The molecule has 0 radical (unpaired) electrons. The summed E-state index contributed by atoms with van der Waals surface area (Å²) >= 11 is 0. The molecule has 0 aliphatic heterocycles. The summed E-state index contributed by atoms with van der Waals surface area (Å²) in [5, 5.41) is 3.32. The lowest BCUT2D eigenvalue weighted by Gasteiger charge is -2.25. The zero-order valence-electron chi connectivity index (χ0n) is 12.4. The highest BCUT2D eigenvalue weighted by atomic mass is 15.2. The van der Waals surface area contributed by atoms with Crippen LogP contribution in [0.4, 0.5) is 17.3 Å². The number of anilines is 3. The molecule has 2 rings (SSSR count). The predicted octanol–water partition coefficient (Wildman–Crippen LogP) is 3.63. The number of hydrogen-bond donors (Lipinski definition) is 1. The van der Waals surface area contributed by atoms with E-state index >= 15 is 0 Å². The van der Waals surface area contributed by atoms with Gasteiger partial charge in [-0.3, -0.25) is 0 Å². The van der Waals surface area contributed by atoms with Crippen molar-refractivity contribution in [3.8, 4) is 0 Å². The number of nitrogens with one attached hydrogen (secondary N) is 1. The van der Waals surface area contributed by atoms with Gasteiger partial charge in [-0.2, -0.15) is 0 Å². The van der Waals surface area contributed by atoms with Gasteiger partial charge in [0.2, 0.25) is 0 Å². The molecule has 2 aromatic rings. The minimum atomic E-state index is 0.862. The maximum atomic E-state index is 4.51. The third-order valence-corrected chi connectivity index (χ3v) is 3.26. The zero-order chi connectivity index (χ0) is 14.4. The summed E-state index contributed by atoms with van der Waals surface area (Å²) in [6, 6.07) is 10.4. The number of para-hydroxylation sites is 1. The molecule has 0 unspecified atom stereocenters. The van der Waals surface area contributed by atoms with Crippen LogP contribution in [0.5, 0.6) is 0 Å². The highest BCUT2D eigenvalue weighted by molar-refractivity contribution is 5.67. The van der Waals surface area contributed by atoms with Crippen molar-refractivity contribution in [3.05, 3.63) is 42.2 Å². The fourth-order valence-corrected chi connectivity index (χ4v) is 2.34. The quantitative estimate of drug-likeness (QED) is 0.870. The van der Waals surface area contributed by atoms with Gasteiger partial charge < -0.3 is 10.2 Å². The van der Waals surface area contributed by atoms with Crippen LogP contribution in [0, 0.1) is 0 Å². The Morgan fingerprint density at radius 1 is 1.05 bits per heavy atom. The molecule has 1 heterocycles. The van der Waals surface area contributed by atoms with Gasteiger partial charge in [-0.1, -0.05) is 25.1 Å². The van der Waals surface area contributed by atoms with Gasteiger partial charge in [0.1, 0.15) is 18.0 Å². The molecule has 0 bridgehead atoms. The van der Waals surface area contributed by atoms with Crippen molar-refractivity contribution >= 4 is 17.3 Å². The smallest absolute Gasteiger partial charge is 0.141 e. The Hall–Kier alpha value is -2.10. The van der Waals surface area contributed by atoms with Crippen molar-refractivity contribution < 1.29 is 0 Å². The molecule has 1 aromatic heterocycles. The molecule has 4 heteroatoms. The molecule has 0 amide bonds. The fourth-order valence-electron chi connectivity index (χ4n) is 2.34. The van der Waals surface area contributed by atoms with E-state index in [1.54, 1.807) is 6.33 Å². The van der Waals surface area contributed by atoms with Crippen LogP contribution in [0.2, 0.25) is 0 Å². The van der Waals surface area contributed by atoms with E-state index in [1.165, 1.54) is 5.56 Å². The normalized spacial score (nSPS) is 10.3. The van der Waals surface area contributed by atoms with E-state index in [-0.39, 0.29) is 0 Å². The summed E-state index contributed by atoms with van der Waals surface area (Å²) in [6.07, 6.45) is 2.54. The summed E-state index contributed by atoms with van der Waals surface area (Å²) in [5.74, 6) is 1.93. The Morgan fingerprint density at radius 3 is 2.40 bits per heavy atom. The minimum absolute atomic E-state index is 0.862. The molecule has 0 saturated carbocycles. The number of hydrogen-bond acceptors (Lipinski definition) is 4. The second-order valence-corrected chi connectivity index (χ2v) is 4.49. The molecule has 0 saturated heterocycles.